The summed E-state index contributed by atoms with van der Waals surface area (Å²) in [5.41, 5.74) is 0. The third-order valence-corrected chi connectivity index (χ3v) is 2.36. The first-order chi connectivity index (χ1) is 5.07. The Kier molecular flexibility index (Phi) is 6.25. The largest absolute Gasteiger partial charge is 0.303 e. The van der Waals surface area contributed by atoms with Crippen LogP contribution in [0.15, 0.2) is 0 Å². The van der Waals surface area contributed by atoms with Gasteiger partial charge >= 0.3 is 0 Å². The first kappa shape index (κ1) is 11.4. The van der Waals surface area contributed by atoms with Crippen LogP contribution in [0.5, 0.6) is 0 Å². The maximum absolute atomic E-state index is 3.44. The van der Waals surface area contributed by atoms with Crippen LogP contribution in [-0.2, 0) is 0 Å². The second-order valence-corrected chi connectivity index (χ2v) is 4.44. The van der Waals surface area contributed by atoms with Crippen molar-refractivity contribution in [3.05, 3.63) is 0 Å². The summed E-state index contributed by atoms with van der Waals surface area (Å²) in [5, 5.41) is 1.08. The molecule has 1 nitrogen and oxygen atoms in total. The SMILES string of the molecule is CC(C)CC(C)N(C)CCBr. The highest BCUT2D eigenvalue weighted by Crippen LogP contribution is 2.09. The molecule has 0 fully saturated rings. The number of rotatable bonds is 5. The van der Waals surface area contributed by atoms with E-state index in [9.17, 15) is 0 Å². The lowest BCUT2D eigenvalue weighted by Gasteiger charge is -2.25. The zero-order valence-corrected chi connectivity index (χ0v) is 9.69. The molecule has 11 heavy (non-hydrogen) atoms. The molecule has 2 heteroatoms. The van der Waals surface area contributed by atoms with E-state index < -0.39 is 0 Å². The molecule has 0 spiro atoms. The molecule has 0 aromatic heterocycles. The van der Waals surface area contributed by atoms with E-state index in [2.05, 4.69) is 48.6 Å². The highest BCUT2D eigenvalue weighted by atomic mass is 79.9. The van der Waals surface area contributed by atoms with Crippen LogP contribution >= 0.6 is 15.9 Å². The summed E-state index contributed by atoms with van der Waals surface area (Å²) in [5.74, 6) is 0.808. The van der Waals surface area contributed by atoms with Crippen molar-refractivity contribution in [1.82, 2.24) is 4.90 Å². The van der Waals surface area contributed by atoms with E-state index in [0.717, 1.165) is 17.8 Å². The van der Waals surface area contributed by atoms with Crippen molar-refractivity contribution in [2.75, 3.05) is 18.9 Å². The number of alkyl halides is 1. The predicted octanol–water partition coefficient (Wildman–Crippen LogP) is 2.75. The third kappa shape index (κ3) is 5.68. The summed E-state index contributed by atoms with van der Waals surface area (Å²) >= 11 is 3.44. The minimum absolute atomic E-state index is 0.715. The van der Waals surface area contributed by atoms with E-state index in [1.165, 1.54) is 6.42 Å². The first-order valence-electron chi connectivity index (χ1n) is 4.34. The first-order valence-corrected chi connectivity index (χ1v) is 5.46. The van der Waals surface area contributed by atoms with Crippen molar-refractivity contribution in [3.8, 4) is 0 Å². The maximum atomic E-state index is 3.44. The molecular weight excluding hydrogens is 202 g/mol. The molecule has 0 aliphatic carbocycles. The van der Waals surface area contributed by atoms with Crippen molar-refractivity contribution in [2.45, 2.75) is 33.2 Å². The van der Waals surface area contributed by atoms with E-state index >= 15 is 0 Å². The van der Waals surface area contributed by atoms with E-state index in [1.807, 2.05) is 0 Å². The minimum Gasteiger partial charge on any atom is -0.303 e. The average Bonchev–Trinajstić information content (AvgIpc) is 1.86. The van der Waals surface area contributed by atoms with Crippen LogP contribution in [-0.4, -0.2) is 29.9 Å². The Morgan fingerprint density at radius 1 is 1.27 bits per heavy atom. The van der Waals surface area contributed by atoms with Crippen molar-refractivity contribution >= 4 is 15.9 Å². The van der Waals surface area contributed by atoms with Gasteiger partial charge in [-0.1, -0.05) is 29.8 Å². The summed E-state index contributed by atoms with van der Waals surface area (Å²) in [6.45, 7) is 7.99. The Bertz CT molecular complexity index is 93.6. The van der Waals surface area contributed by atoms with Crippen molar-refractivity contribution < 1.29 is 0 Å². The Morgan fingerprint density at radius 3 is 2.18 bits per heavy atom. The molecule has 0 heterocycles. The minimum atomic E-state index is 0.715. The summed E-state index contributed by atoms with van der Waals surface area (Å²) in [6.07, 6.45) is 1.30. The second kappa shape index (κ2) is 6.01. The highest BCUT2D eigenvalue weighted by molar-refractivity contribution is 9.09. The van der Waals surface area contributed by atoms with E-state index in [-0.39, 0.29) is 0 Å². The van der Waals surface area contributed by atoms with Crippen LogP contribution in [0.1, 0.15) is 27.2 Å². The lowest BCUT2D eigenvalue weighted by molar-refractivity contribution is 0.241. The molecule has 68 valence electrons. The molecule has 0 amide bonds. The van der Waals surface area contributed by atoms with Gasteiger partial charge in [-0.3, -0.25) is 0 Å². The Morgan fingerprint density at radius 2 is 1.82 bits per heavy atom. The van der Waals surface area contributed by atoms with Gasteiger partial charge in [0.05, 0.1) is 0 Å². The molecule has 0 N–H and O–H groups in total. The topological polar surface area (TPSA) is 3.24 Å². The molecule has 0 bridgehead atoms. The molecule has 0 aliphatic heterocycles. The van der Waals surface area contributed by atoms with Gasteiger partial charge in [0.2, 0.25) is 0 Å². The summed E-state index contributed by atoms with van der Waals surface area (Å²) in [4.78, 5) is 2.40. The molecule has 0 aliphatic rings. The highest BCUT2D eigenvalue weighted by Gasteiger charge is 2.09. The summed E-state index contributed by atoms with van der Waals surface area (Å²) in [7, 11) is 2.19. The second-order valence-electron chi connectivity index (χ2n) is 3.65. The number of nitrogens with zero attached hydrogens (tertiary/aromatic N) is 1. The lowest BCUT2D eigenvalue weighted by atomic mass is 10.0. The fourth-order valence-corrected chi connectivity index (χ4v) is 1.78. The molecule has 0 radical (unpaired) electrons. The Labute approximate surface area is 79.3 Å². The number of hydrogen-bond acceptors (Lipinski definition) is 1. The predicted molar refractivity (Wildman–Crippen MR) is 55.3 cm³/mol. The Balaban J connectivity index is 3.54. The fourth-order valence-electron chi connectivity index (χ4n) is 1.22. The van der Waals surface area contributed by atoms with Crippen LogP contribution in [0, 0.1) is 5.92 Å². The smallest absolute Gasteiger partial charge is 0.0159 e. The van der Waals surface area contributed by atoms with Crippen LogP contribution in [0.4, 0.5) is 0 Å². The van der Waals surface area contributed by atoms with Gasteiger partial charge in [0, 0.05) is 17.9 Å². The van der Waals surface area contributed by atoms with Crippen molar-refractivity contribution in [3.63, 3.8) is 0 Å². The zero-order valence-electron chi connectivity index (χ0n) is 8.10. The van der Waals surface area contributed by atoms with Gasteiger partial charge in [-0.05, 0) is 26.3 Å². The molecule has 0 saturated heterocycles. The molecule has 0 aromatic rings. The van der Waals surface area contributed by atoms with Gasteiger partial charge in [-0.25, -0.2) is 0 Å². The van der Waals surface area contributed by atoms with Crippen LogP contribution in [0.25, 0.3) is 0 Å². The quantitative estimate of drug-likeness (QED) is 0.646. The van der Waals surface area contributed by atoms with E-state index in [1.54, 1.807) is 0 Å². The van der Waals surface area contributed by atoms with Gasteiger partial charge in [-0.2, -0.15) is 0 Å². The van der Waals surface area contributed by atoms with Crippen LogP contribution < -0.4 is 0 Å². The van der Waals surface area contributed by atoms with E-state index in [0.29, 0.717) is 6.04 Å². The maximum Gasteiger partial charge on any atom is 0.0159 e. The van der Waals surface area contributed by atoms with Crippen molar-refractivity contribution in [1.29, 1.82) is 0 Å². The van der Waals surface area contributed by atoms with Gasteiger partial charge in [0.1, 0.15) is 0 Å². The molecule has 1 unspecified atom stereocenters. The third-order valence-electron chi connectivity index (χ3n) is 2.00. The number of hydrogen-bond donors (Lipinski definition) is 0. The molecule has 0 aromatic carbocycles. The monoisotopic (exact) mass is 221 g/mol. The van der Waals surface area contributed by atoms with Crippen LogP contribution in [0.3, 0.4) is 0 Å². The summed E-state index contributed by atoms with van der Waals surface area (Å²) in [6, 6.07) is 0.715. The number of halogens is 1. The zero-order chi connectivity index (χ0) is 8.85. The van der Waals surface area contributed by atoms with E-state index in [4.69, 9.17) is 0 Å². The molecular formula is C9H20BrN. The van der Waals surface area contributed by atoms with Gasteiger partial charge in [-0.15, -0.1) is 0 Å². The molecule has 0 rings (SSSR count). The average molecular weight is 222 g/mol. The van der Waals surface area contributed by atoms with Crippen molar-refractivity contribution in [2.24, 2.45) is 5.92 Å². The fraction of sp³-hybridized carbons (Fsp3) is 1.00. The standard InChI is InChI=1S/C9H20BrN/c1-8(2)7-9(3)11(4)6-5-10/h8-9H,5-7H2,1-4H3. The van der Waals surface area contributed by atoms with Crippen LogP contribution in [0.2, 0.25) is 0 Å². The molecule has 1 atom stereocenters. The normalized spacial score (nSPS) is 14.5. The summed E-state index contributed by atoms with van der Waals surface area (Å²) < 4.78 is 0. The van der Waals surface area contributed by atoms with Gasteiger partial charge in [0.25, 0.3) is 0 Å². The molecule has 0 saturated carbocycles. The van der Waals surface area contributed by atoms with Gasteiger partial charge < -0.3 is 4.90 Å². The Hall–Kier alpha value is 0.440. The van der Waals surface area contributed by atoms with Gasteiger partial charge in [0.15, 0.2) is 0 Å². The lowest BCUT2D eigenvalue weighted by Crippen LogP contribution is -2.31.